The first-order valence-corrected chi connectivity index (χ1v) is 48.2. The first-order chi connectivity index (χ1) is 54.7. The number of carboxylic acid groups (broad SMARTS) is 1. The third kappa shape index (κ3) is 64.9. The standard InChI is InChI=1S/C84H157N2O19P.C6H15N/c1-7-13-19-25-31-37-40-46-52-58-69(100-76(90)61-55-49-43-34-28-22-16-10-4)64-74(88)85-72(83(94)95)68-99-84-80(86-75(89)65-70(59-53-47-41-38-32-26-20-14-8-2)101-77(91)62-56-50-44-35-29-23-17-11-5)82(81(73(67-87)103-84)105-106(96,97)98)104-79(93)66-71(60-54-48-42-39-33-27-21-15-9-3)102-78(92)63-57-51-45-36-30-24-18-12-6;1-4-7(5-2)6-3/h69-73,80-82,84,87H,7-68H2,1-6H3,(H,85,88)(H,86,89)(H,94,95)(H2,96,97,98);4-6H2,1-3H3/t69-,70-,71-,72+,73-,80-,81-,82-,84-;/m1./s1. The van der Waals surface area contributed by atoms with Gasteiger partial charge < -0.3 is 64.0 Å². The van der Waals surface area contributed by atoms with E-state index in [4.69, 9.17) is 32.9 Å². The topological polar surface area (TPSA) is 309 Å². The lowest BCUT2D eigenvalue weighted by Crippen LogP contribution is -2.66. The highest BCUT2D eigenvalue weighted by molar-refractivity contribution is 7.46. The molecule has 1 aliphatic heterocycles. The maximum atomic E-state index is 14.9. The summed E-state index contributed by atoms with van der Waals surface area (Å²) in [6, 6.07) is -3.60. The summed E-state index contributed by atoms with van der Waals surface area (Å²) in [6.45, 7) is 21.3. The van der Waals surface area contributed by atoms with Crippen molar-refractivity contribution in [3.05, 3.63) is 0 Å². The van der Waals surface area contributed by atoms with Crippen LogP contribution in [0.2, 0.25) is 0 Å². The minimum Gasteiger partial charge on any atom is -0.480 e. The predicted octanol–water partition coefficient (Wildman–Crippen LogP) is 21.8. The number of aliphatic hydroxyl groups is 1. The highest BCUT2D eigenvalue weighted by Crippen LogP contribution is 2.42. The summed E-state index contributed by atoms with van der Waals surface area (Å²) in [5, 5.41) is 27.0. The van der Waals surface area contributed by atoms with Gasteiger partial charge in [-0.15, -0.1) is 0 Å². The van der Waals surface area contributed by atoms with Crippen LogP contribution >= 0.6 is 7.82 Å². The number of ether oxygens (including phenoxy) is 6. The molecule has 1 fully saturated rings. The van der Waals surface area contributed by atoms with Crippen LogP contribution in [-0.2, 0) is 71.1 Å². The van der Waals surface area contributed by atoms with Crippen molar-refractivity contribution in [2.75, 3.05) is 32.8 Å². The number of aliphatic hydroxyl groups excluding tert-OH is 1. The van der Waals surface area contributed by atoms with Gasteiger partial charge in [0, 0.05) is 19.3 Å². The third-order valence-corrected chi connectivity index (χ3v) is 22.3. The van der Waals surface area contributed by atoms with Crippen LogP contribution in [-0.4, -0.2) is 154 Å². The van der Waals surface area contributed by atoms with Crippen LogP contribution < -0.4 is 10.6 Å². The Bertz CT molecular complexity index is 2320. The Balaban J connectivity index is 0.0000170. The van der Waals surface area contributed by atoms with Crippen LogP contribution in [0.5, 0.6) is 0 Å². The van der Waals surface area contributed by atoms with E-state index in [0.29, 0.717) is 51.4 Å². The number of aliphatic carboxylic acids is 1. The molecule has 0 bridgehead atoms. The van der Waals surface area contributed by atoms with Gasteiger partial charge in [0.1, 0.15) is 36.6 Å². The van der Waals surface area contributed by atoms with Gasteiger partial charge in [-0.1, -0.05) is 351 Å². The Kier molecular flexibility index (Phi) is 74.3. The molecular formula is C90H172N3O19P. The Morgan fingerprint density at radius 1 is 0.389 bits per heavy atom. The molecule has 0 aromatic rings. The van der Waals surface area contributed by atoms with E-state index in [1.54, 1.807) is 0 Å². The molecule has 666 valence electrons. The first kappa shape index (κ1) is 109. The number of phosphoric ester groups is 1. The summed E-state index contributed by atoms with van der Waals surface area (Å²) < 4.78 is 55.0. The van der Waals surface area contributed by atoms with E-state index in [1.165, 1.54) is 103 Å². The molecule has 23 heteroatoms. The second-order valence-electron chi connectivity index (χ2n) is 32.2. The highest BCUT2D eigenvalue weighted by Gasteiger charge is 2.53. The van der Waals surface area contributed by atoms with Crippen molar-refractivity contribution < 1.29 is 91.1 Å². The molecule has 1 heterocycles. The second kappa shape index (κ2) is 76.9. The summed E-state index contributed by atoms with van der Waals surface area (Å²) in [4.78, 5) is 121. The van der Waals surface area contributed by atoms with Crippen molar-refractivity contribution in [2.24, 2.45) is 0 Å². The number of carbonyl (C=O) groups excluding carboxylic acids is 6. The zero-order valence-corrected chi connectivity index (χ0v) is 74.4. The summed E-state index contributed by atoms with van der Waals surface area (Å²) >= 11 is 0. The quantitative estimate of drug-likeness (QED) is 0.0143. The van der Waals surface area contributed by atoms with Gasteiger partial charge in [-0.05, 0) is 77.4 Å². The predicted molar refractivity (Wildman–Crippen MR) is 454 cm³/mol. The van der Waals surface area contributed by atoms with Gasteiger partial charge in [0.05, 0.1) is 32.5 Å². The molecule has 2 amide bonds. The molecule has 0 aliphatic carbocycles. The van der Waals surface area contributed by atoms with E-state index in [9.17, 15) is 58.1 Å². The van der Waals surface area contributed by atoms with Gasteiger partial charge in [0.15, 0.2) is 18.4 Å². The van der Waals surface area contributed by atoms with Gasteiger partial charge in [-0.2, -0.15) is 0 Å². The average Bonchev–Trinajstić information content (AvgIpc) is 0.780. The summed E-state index contributed by atoms with van der Waals surface area (Å²) in [5.74, 6) is -5.52. The van der Waals surface area contributed by atoms with Crippen LogP contribution in [0.15, 0.2) is 0 Å². The lowest BCUT2D eigenvalue weighted by molar-refractivity contribution is -0.272. The normalized spacial score (nSPS) is 16.7. The maximum Gasteiger partial charge on any atom is 0.470 e. The zero-order valence-electron chi connectivity index (χ0n) is 73.5. The fraction of sp³-hybridized carbons (Fsp3) is 0.922. The van der Waals surface area contributed by atoms with Crippen molar-refractivity contribution in [1.82, 2.24) is 15.5 Å². The number of esters is 4. The largest absolute Gasteiger partial charge is 0.480 e. The molecule has 0 radical (unpaired) electrons. The smallest absolute Gasteiger partial charge is 0.470 e. The van der Waals surface area contributed by atoms with E-state index < -0.39 is 131 Å². The van der Waals surface area contributed by atoms with Gasteiger partial charge in [-0.25, -0.2) is 9.36 Å². The molecule has 113 heavy (non-hydrogen) atoms. The SMILES string of the molecule is CCCCCCCCCCC[C@H](CC(=O)N[C@H]1[C@H](OC[C@H](NC(=O)C[C@@H](CCCCCCCCCCC)OC(=O)CCCCCCCCCC)C(=O)O)O[C@H](CO)[C@@H](OP(=O)(O)O)[C@@H]1OC(=O)C[C@@H](CCCCCCCCCCC)OC(=O)CCCCCCCCCC)OC(=O)CCCCCCCCCC.CCN(CC)CC. The Morgan fingerprint density at radius 2 is 0.681 bits per heavy atom. The number of phosphoric acid groups is 1. The average molecular weight is 1630 g/mol. The minimum atomic E-state index is -5.57. The second-order valence-corrected chi connectivity index (χ2v) is 33.4. The number of nitrogens with one attached hydrogen (secondary N) is 2. The number of hydrogen-bond acceptors (Lipinski definition) is 17. The lowest BCUT2D eigenvalue weighted by atomic mass is 9.95. The van der Waals surface area contributed by atoms with Crippen molar-refractivity contribution in [1.29, 1.82) is 0 Å². The number of nitrogens with zero attached hydrogens (tertiary/aromatic N) is 1. The first-order valence-electron chi connectivity index (χ1n) is 46.6. The van der Waals surface area contributed by atoms with Crippen molar-refractivity contribution >= 4 is 49.5 Å². The molecule has 1 aliphatic rings. The highest BCUT2D eigenvalue weighted by atomic mass is 31.2. The molecule has 0 saturated carbocycles. The fourth-order valence-corrected chi connectivity index (χ4v) is 15.3. The van der Waals surface area contributed by atoms with Gasteiger partial charge in [0.25, 0.3) is 0 Å². The monoisotopic (exact) mass is 1630 g/mol. The van der Waals surface area contributed by atoms with Gasteiger partial charge in [0.2, 0.25) is 11.8 Å². The number of carbonyl (C=O) groups is 7. The van der Waals surface area contributed by atoms with Gasteiger partial charge >= 0.3 is 37.7 Å². The zero-order chi connectivity index (χ0) is 83.6. The Morgan fingerprint density at radius 3 is 0.965 bits per heavy atom. The summed E-state index contributed by atoms with van der Waals surface area (Å²) in [5.41, 5.74) is 0. The molecule has 1 rings (SSSR count). The minimum absolute atomic E-state index is 0.126. The van der Waals surface area contributed by atoms with Crippen LogP contribution in [0.3, 0.4) is 0 Å². The Hall–Kier alpha value is -3.76. The van der Waals surface area contributed by atoms with Crippen LogP contribution in [0, 0.1) is 0 Å². The molecule has 9 atom stereocenters. The fourth-order valence-electron chi connectivity index (χ4n) is 14.7. The molecule has 22 nitrogen and oxygen atoms in total. The number of rotatable bonds is 79. The summed E-state index contributed by atoms with van der Waals surface area (Å²) in [7, 11) is -5.57. The molecule has 0 aromatic heterocycles. The molecule has 0 spiro atoms. The maximum absolute atomic E-state index is 14.9. The van der Waals surface area contributed by atoms with Crippen LogP contribution in [0.1, 0.15) is 448 Å². The lowest BCUT2D eigenvalue weighted by Gasteiger charge is -2.45. The number of unbranched alkanes of at least 4 members (excludes halogenated alkanes) is 45. The van der Waals surface area contributed by atoms with Crippen molar-refractivity contribution in [2.45, 2.75) is 503 Å². The van der Waals surface area contributed by atoms with Crippen molar-refractivity contribution in [3.63, 3.8) is 0 Å². The summed E-state index contributed by atoms with van der Waals surface area (Å²) in [6.07, 6.45) is 41.9. The third-order valence-electron chi connectivity index (χ3n) is 21.8. The number of hydrogen-bond donors (Lipinski definition) is 6. The van der Waals surface area contributed by atoms with Crippen LogP contribution in [0.4, 0.5) is 0 Å². The molecule has 6 N–H and O–H groups in total. The Labute approximate surface area is 688 Å². The number of amides is 2. The van der Waals surface area contributed by atoms with Gasteiger partial charge in [-0.3, -0.25) is 33.3 Å². The van der Waals surface area contributed by atoms with E-state index in [2.05, 4.69) is 77.8 Å². The van der Waals surface area contributed by atoms with Crippen LogP contribution in [0.25, 0.3) is 0 Å². The molecule has 1 saturated heterocycles. The van der Waals surface area contributed by atoms with E-state index >= 15 is 0 Å². The van der Waals surface area contributed by atoms with E-state index in [-0.39, 0.29) is 32.1 Å². The van der Waals surface area contributed by atoms with Crippen molar-refractivity contribution in [3.8, 4) is 0 Å². The molecular weight excluding hydrogens is 1460 g/mol. The molecule has 0 unspecified atom stereocenters. The van der Waals surface area contributed by atoms with E-state index in [1.807, 2.05) is 0 Å². The molecule has 0 aromatic carbocycles. The number of carboxylic acids is 1. The van der Waals surface area contributed by atoms with E-state index in [0.717, 1.165) is 205 Å².